The molecule has 7 heteroatoms. The van der Waals surface area contributed by atoms with Gasteiger partial charge < -0.3 is 10.4 Å². The minimum Gasteiger partial charge on any atom is -0.481 e. The van der Waals surface area contributed by atoms with Crippen molar-refractivity contribution >= 4 is 22.8 Å². The molecule has 1 aromatic heterocycles. The zero-order valence-electron chi connectivity index (χ0n) is 13.9. The van der Waals surface area contributed by atoms with E-state index in [1.807, 2.05) is 6.07 Å². The summed E-state index contributed by atoms with van der Waals surface area (Å²) in [4.78, 5) is 39.6. The van der Waals surface area contributed by atoms with Gasteiger partial charge in [-0.1, -0.05) is 12.1 Å². The van der Waals surface area contributed by atoms with Crippen molar-refractivity contribution < 1.29 is 14.7 Å². The van der Waals surface area contributed by atoms with Gasteiger partial charge in [0.15, 0.2) is 0 Å². The zero-order chi connectivity index (χ0) is 17.8. The third kappa shape index (κ3) is 4.04. The fourth-order valence-corrected chi connectivity index (χ4v) is 3.30. The second-order valence-corrected chi connectivity index (χ2v) is 6.55. The molecule has 2 aromatic rings. The van der Waals surface area contributed by atoms with Gasteiger partial charge in [0, 0.05) is 6.54 Å². The van der Waals surface area contributed by atoms with Gasteiger partial charge in [0.05, 0.1) is 23.1 Å². The fourth-order valence-electron chi connectivity index (χ4n) is 3.30. The minimum atomic E-state index is -0.731. The van der Waals surface area contributed by atoms with Gasteiger partial charge in [-0.3, -0.25) is 19.0 Å². The summed E-state index contributed by atoms with van der Waals surface area (Å²) < 4.78 is 1.30. The van der Waals surface area contributed by atoms with E-state index in [4.69, 9.17) is 5.11 Å². The largest absolute Gasteiger partial charge is 0.481 e. The number of fused-ring (bicyclic) bond motifs is 1. The standard InChI is InChI=1S/C18H21N3O4/c22-16(19-9-12-5-7-13(8-6-12)18(24)25)10-21-11-20-15-4-2-1-3-14(15)17(21)23/h1-4,11-13H,5-10H2,(H,19,22)(H,24,25). The first-order chi connectivity index (χ1) is 12.0. The summed E-state index contributed by atoms with van der Waals surface area (Å²) in [6.07, 6.45) is 4.31. The number of carboxylic acids is 1. The number of rotatable bonds is 5. The first-order valence-electron chi connectivity index (χ1n) is 8.48. The first-order valence-corrected chi connectivity index (χ1v) is 8.48. The highest BCUT2D eigenvalue weighted by atomic mass is 16.4. The number of benzene rings is 1. The molecule has 25 heavy (non-hydrogen) atoms. The highest BCUT2D eigenvalue weighted by Gasteiger charge is 2.26. The zero-order valence-corrected chi connectivity index (χ0v) is 13.9. The summed E-state index contributed by atoms with van der Waals surface area (Å²) in [5.74, 6) is -0.926. The van der Waals surface area contributed by atoms with Crippen LogP contribution in [0.2, 0.25) is 0 Å². The lowest BCUT2D eigenvalue weighted by atomic mass is 9.82. The topological polar surface area (TPSA) is 101 Å². The quantitative estimate of drug-likeness (QED) is 0.854. The molecule has 1 aliphatic carbocycles. The number of para-hydroxylation sites is 1. The molecule has 2 N–H and O–H groups in total. The van der Waals surface area contributed by atoms with Crippen molar-refractivity contribution in [3.63, 3.8) is 0 Å². The van der Waals surface area contributed by atoms with Gasteiger partial charge in [-0.15, -0.1) is 0 Å². The monoisotopic (exact) mass is 343 g/mol. The number of aliphatic carboxylic acids is 1. The molecule has 0 bridgehead atoms. The van der Waals surface area contributed by atoms with Crippen LogP contribution in [0.15, 0.2) is 35.4 Å². The lowest BCUT2D eigenvalue weighted by Gasteiger charge is -2.26. The van der Waals surface area contributed by atoms with Crippen molar-refractivity contribution in [3.8, 4) is 0 Å². The van der Waals surface area contributed by atoms with E-state index in [1.54, 1.807) is 18.2 Å². The molecule has 1 aromatic carbocycles. The van der Waals surface area contributed by atoms with Crippen LogP contribution in [0.3, 0.4) is 0 Å². The number of nitrogens with one attached hydrogen (secondary N) is 1. The molecule has 0 saturated heterocycles. The molecule has 0 aliphatic heterocycles. The SMILES string of the molecule is O=C(Cn1cnc2ccccc2c1=O)NCC1CCC(C(=O)O)CC1. The Kier molecular flexibility index (Phi) is 5.11. The highest BCUT2D eigenvalue weighted by Crippen LogP contribution is 2.28. The Bertz CT molecular complexity index is 838. The van der Waals surface area contributed by atoms with E-state index in [0.29, 0.717) is 36.2 Å². The molecule has 3 rings (SSSR count). The minimum absolute atomic E-state index is 0.0683. The molecule has 7 nitrogen and oxygen atoms in total. The summed E-state index contributed by atoms with van der Waals surface area (Å²) in [5.41, 5.74) is 0.377. The molecule has 1 aliphatic rings. The molecule has 0 spiro atoms. The Hall–Kier alpha value is -2.70. The second-order valence-electron chi connectivity index (χ2n) is 6.55. The first kappa shape index (κ1) is 17.1. The van der Waals surface area contributed by atoms with Crippen molar-refractivity contribution in [1.82, 2.24) is 14.9 Å². The van der Waals surface area contributed by atoms with Crippen LogP contribution in [0, 0.1) is 11.8 Å². The summed E-state index contributed by atoms with van der Waals surface area (Å²) >= 11 is 0. The third-order valence-corrected chi connectivity index (χ3v) is 4.83. The van der Waals surface area contributed by atoms with Crippen LogP contribution < -0.4 is 10.9 Å². The summed E-state index contributed by atoms with van der Waals surface area (Å²) in [6, 6.07) is 7.03. The number of hydrogen-bond donors (Lipinski definition) is 2. The predicted octanol–water partition coefficient (Wildman–Crippen LogP) is 1.40. The number of carbonyl (C=O) groups is 2. The molecule has 132 valence electrons. The Morgan fingerprint density at radius 1 is 1.20 bits per heavy atom. The van der Waals surface area contributed by atoms with Gasteiger partial charge >= 0.3 is 5.97 Å². The van der Waals surface area contributed by atoms with E-state index in [1.165, 1.54) is 10.9 Å². The van der Waals surface area contributed by atoms with Gasteiger partial charge in [-0.25, -0.2) is 4.98 Å². The van der Waals surface area contributed by atoms with Crippen LogP contribution in [-0.4, -0.2) is 33.1 Å². The molecule has 1 amide bonds. The van der Waals surface area contributed by atoms with Gasteiger partial charge in [0.1, 0.15) is 6.54 Å². The average Bonchev–Trinajstić information content (AvgIpc) is 2.63. The molecular weight excluding hydrogens is 322 g/mol. The molecule has 1 saturated carbocycles. The van der Waals surface area contributed by atoms with E-state index in [0.717, 1.165) is 12.8 Å². The van der Waals surface area contributed by atoms with Crippen molar-refractivity contribution in [2.45, 2.75) is 32.2 Å². The van der Waals surface area contributed by atoms with E-state index < -0.39 is 5.97 Å². The van der Waals surface area contributed by atoms with Crippen molar-refractivity contribution in [1.29, 1.82) is 0 Å². The smallest absolute Gasteiger partial charge is 0.306 e. The van der Waals surface area contributed by atoms with E-state index >= 15 is 0 Å². The fraction of sp³-hybridized carbons (Fsp3) is 0.444. The number of carboxylic acid groups (broad SMARTS) is 1. The van der Waals surface area contributed by atoms with Crippen molar-refractivity contribution in [2.75, 3.05) is 6.54 Å². The van der Waals surface area contributed by atoms with Crippen LogP contribution in [0.4, 0.5) is 0 Å². The van der Waals surface area contributed by atoms with Crippen molar-refractivity contribution in [3.05, 3.63) is 40.9 Å². The Morgan fingerprint density at radius 3 is 2.64 bits per heavy atom. The van der Waals surface area contributed by atoms with Gasteiger partial charge in [0.2, 0.25) is 5.91 Å². The molecule has 1 fully saturated rings. The lowest BCUT2D eigenvalue weighted by Crippen LogP contribution is -2.36. The Morgan fingerprint density at radius 2 is 1.92 bits per heavy atom. The molecule has 0 unspecified atom stereocenters. The lowest BCUT2D eigenvalue weighted by molar-refractivity contribution is -0.143. The van der Waals surface area contributed by atoms with Crippen LogP contribution >= 0.6 is 0 Å². The van der Waals surface area contributed by atoms with E-state index in [9.17, 15) is 14.4 Å². The summed E-state index contributed by atoms with van der Waals surface area (Å²) in [7, 11) is 0. The molecule has 0 radical (unpaired) electrons. The number of aromatic nitrogens is 2. The van der Waals surface area contributed by atoms with Gasteiger partial charge in [-0.2, -0.15) is 0 Å². The predicted molar refractivity (Wildman–Crippen MR) is 92.1 cm³/mol. The van der Waals surface area contributed by atoms with Gasteiger partial charge in [0.25, 0.3) is 5.56 Å². The number of nitrogens with zero attached hydrogens (tertiary/aromatic N) is 2. The van der Waals surface area contributed by atoms with E-state index in [2.05, 4.69) is 10.3 Å². The normalized spacial score (nSPS) is 20.3. The summed E-state index contributed by atoms with van der Waals surface area (Å²) in [6.45, 7) is 0.446. The number of amides is 1. The van der Waals surface area contributed by atoms with Crippen molar-refractivity contribution in [2.24, 2.45) is 11.8 Å². The molecular formula is C18H21N3O4. The second kappa shape index (κ2) is 7.46. The van der Waals surface area contributed by atoms with Crippen LogP contribution in [0.1, 0.15) is 25.7 Å². The molecule has 0 atom stereocenters. The van der Waals surface area contributed by atoms with Crippen LogP contribution in [0.5, 0.6) is 0 Å². The number of hydrogen-bond acceptors (Lipinski definition) is 4. The average molecular weight is 343 g/mol. The van der Waals surface area contributed by atoms with Crippen LogP contribution in [-0.2, 0) is 16.1 Å². The summed E-state index contributed by atoms with van der Waals surface area (Å²) in [5, 5.41) is 12.3. The maximum atomic E-state index is 12.4. The molecule has 1 heterocycles. The van der Waals surface area contributed by atoms with E-state index in [-0.39, 0.29) is 23.9 Å². The number of carbonyl (C=O) groups excluding carboxylic acids is 1. The maximum Gasteiger partial charge on any atom is 0.306 e. The Labute approximate surface area is 144 Å². The maximum absolute atomic E-state index is 12.4. The third-order valence-electron chi connectivity index (χ3n) is 4.83. The highest BCUT2D eigenvalue weighted by molar-refractivity contribution is 5.78. The van der Waals surface area contributed by atoms with Gasteiger partial charge in [-0.05, 0) is 43.7 Å². The van der Waals surface area contributed by atoms with Crippen LogP contribution in [0.25, 0.3) is 10.9 Å². The Balaban J connectivity index is 1.54.